The first-order chi connectivity index (χ1) is 14.8. The fourth-order valence-electron chi connectivity index (χ4n) is 4.14. The summed E-state index contributed by atoms with van der Waals surface area (Å²) >= 11 is 1.57. The van der Waals surface area contributed by atoms with Gasteiger partial charge >= 0.3 is 6.18 Å². The fraction of sp³-hybridized carbons (Fsp3) is 0.524. The highest BCUT2D eigenvalue weighted by molar-refractivity contribution is 7.99. The van der Waals surface area contributed by atoms with Crippen LogP contribution in [0.3, 0.4) is 0 Å². The number of morpholine rings is 1. The molecule has 1 aromatic heterocycles. The van der Waals surface area contributed by atoms with Gasteiger partial charge in [0.05, 0.1) is 24.8 Å². The van der Waals surface area contributed by atoms with Crippen LogP contribution in [0.15, 0.2) is 41.8 Å². The first-order valence-electron chi connectivity index (χ1n) is 10.2. The number of benzene rings is 1. The number of alkyl halides is 3. The maximum absolute atomic E-state index is 13.5. The van der Waals surface area contributed by atoms with Gasteiger partial charge in [-0.15, -0.1) is 0 Å². The molecule has 0 N–H and O–H groups in total. The molecular weight excluding hydrogens is 429 g/mol. The number of imidazole rings is 1. The van der Waals surface area contributed by atoms with Crippen molar-refractivity contribution in [1.29, 1.82) is 0 Å². The summed E-state index contributed by atoms with van der Waals surface area (Å²) in [7, 11) is 1.90. The van der Waals surface area contributed by atoms with Gasteiger partial charge in [0, 0.05) is 50.9 Å². The van der Waals surface area contributed by atoms with Crippen molar-refractivity contribution in [1.82, 2.24) is 19.4 Å². The van der Waals surface area contributed by atoms with Gasteiger partial charge in [0.25, 0.3) is 0 Å². The van der Waals surface area contributed by atoms with E-state index in [9.17, 15) is 18.0 Å². The average molecular weight is 455 g/mol. The number of hydrogen-bond acceptors (Lipinski definition) is 5. The molecule has 2 aromatic rings. The van der Waals surface area contributed by atoms with Crippen LogP contribution in [0.1, 0.15) is 17.5 Å². The molecule has 3 heterocycles. The molecule has 2 aliphatic rings. The van der Waals surface area contributed by atoms with Crippen LogP contribution in [0.2, 0.25) is 0 Å². The Morgan fingerprint density at radius 1 is 1.26 bits per heavy atom. The minimum absolute atomic E-state index is 0.0317. The van der Waals surface area contributed by atoms with E-state index in [0.717, 1.165) is 11.2 Å². The normalized spacial score (nSPS) is 22.8. The van der Waals surface area contributed by atoms with Crippen LogP contribution < -0.4 is 0 Å². The second-order valence-electron chi connectivity index (χ2n) is 7.83. The SMILES string of the molecule is Cn1ccnc1S[C@@H]1C[C@@H](C(=O)N2CCOCC2)N(Cc2ccccc2C(F)(F)F)C1. The molecule has 1 aromatic carbocycles. The number of hydrogen-bond donors (Lipinski definition) is 0. The summed E-state index contributed by atoms with van der Waals surface area (Å²) in [5, 5.41) is 0.897. The second kappa shape index (κ2) is 9.22. The molecule has 0 bridgehead atoms. The molecule has 6 nitrogen and oxygen atoms in total. The summed E-state index contributed by atoms with van der Waals surface area (Å²) in [6, 6.07) is 5.14. The molecule has 31 heavy (non-hydrogen) atoms. The highest BCUT2D eigenvalue weighted by atomic mass is 32.2. The van der Waals surface area contributed by atoms with E-state index in [1.54, 1.807) is 28.9 Å². The lowest BCUT2D eigenvalue weighted by atomic mass is 10.1. The van der Waals surface area contributed by atoms with E-state index in [1.807, 2.05) is 22.7 Å². The molecule has 0 aliphatic carbocycles. The second-order valence-corrected chi connectivity index (χ2v) is 9.10. The zero-order chi connectivity index (χ0) is 22.0. The monoisotopic (exact) mass is 454 g/mol. The maximum Gasteiger partial charge on any atom is 0.416 e. The minimum Gasteiger partial charge on any atom is -0.378 e. The van der Waals surface area contributed by atoms with Gasteiger partial charge in [-0.3, -0.25) is 9.69 Å². The van der Waals surface area contributed by atoms with Crippen LogP contribution in [0.5, 0.6) is 0 Å². The number of nitrogens with zero attached hydrogens (tertiary/aromatic N) is 4. The van der Waals surface area contributed by atoms with Crippen molar-refractivity contribution < 1.29 is 22.7 Å². The maximum atomic E-state index is 13.5. The smallest absolute Gasteiger partial charge is 0.378 e. The molecule has 4 rings (SSSR count). The van der Waals surface area contributed by atoms with E-state index < -0.39 is 17.8 Å². The highest BCUT2D eigenvalue weighted by Gasteiger charge is 2.41. The number of thioether (sulfide) groups is 1. The van der Waals surface area contributed by atoms with E-state index in [-0.39, 0.29) is 23.3 Å². The van der Waals surface area contributed by atoms with E-state index in [4.69, 9.17) is 4.74 Å². The van der Waals surface area contributed by atoms with E-state index >= 15 is 0 Å². The lowest BCUT2D eigenvalue weighted by molar-refractivity contribution is -0.140. The lowest BCUT2D eigenvalue weighted by Gasteiger charge is -2.32. The quantitative estimate of drug-likeness (QED) is 0.695. The Labute approximate surface area is 183 Å². The van der Waals surface area contributed by atoms with Crippen molar-refractivity contribution in [2.45, 2.75) is 35.6 Å². The van der Waals surface area contributed by atoms with Crippen LogP contribution in [0.25, 0.3) is 0 Å². The predicted octanol–water partition coefficient (Wildman–Crippen LogP) is 3.03. The van der Waals surface area contributed by atoms with Crippen molar-refractivity contribution in [2.24, 2.45) is 7.05 Å². The molecular formula is C21H25F3N4O2S. The summed E-state index contributed by atoms with van der Waals surface area (Å²) in [6.45, 7) is 2.60. The lowest BCUT2D eigenvalue weighted by Crippen LogP contribution is -2.49. The Kier molecular flexibility index (Phi) is 6.59. The Morgan fingerprint density at radius 2 is 2.00 bits per heavy atom. The molecule has 2 atom stereocenters. The molecule has 10 heteroatoms. The van der Waals surface area contributed by atoms with E-state index in [0.29, 0.717) is 39.3 Å². The number of carbonyl (C=O) groups excluding carboxylic acids is 1. The van der Waals surface area contributed by atoms with Crippen molar-refractivity contribution >= 4 is 17.7 Å². The molecule has 168 valence electrons. The van der Waals surface area contributed by atoms with Crippen LogP contribution in [-0.4, -0.2) is 69.4 Å². The van der Waals surface area contributed by atoms with Gasteiger partial charge in [-0.05, 0) is 18.1 Å². The molecule has 2 saturated heterocycles. The van der Waals surface area contributed by atoms with Gasteiger partial charge in [0.2, 0.25) is 5.91 Å². The highest BCUT2D eigenvalue weighted by Crippen LogP contribution is 2.36. The summed E-state index contributed by atoms with van der Waals surface area (Å²) in [6.07, 6.45) is -0.293. The number of amides is 1. The number of aryl methyl sites for hydroxylation is 1. The van der Waals surface area contributed by atoms with Crippen molar-refractivity contribution in [3.8, 4) is 0 Å². The van der Waals surface area contributed by atoms with Gasteiger partial charge in [0.15, 0.2) is 5.16 Å². The first kappa shape index (κ1) is 22.2. The predicted molar refractivity (Wildman–Crippen MR) is 111 cm³/mol. The van der Waals surface area contributed by atoms with Crippen LogP contribution in [0, 0.1) is 0 Å². The third-order valence-electron chi connectivity index (χ3n) is 5.72. The van der Waals surface area contributed by atoms with Gasteiger partial charge in [-0.25, -0.2) is 4.98 Å². The van der Waals surface area contributed by atoms with Crippen LogP contribution >= 0.6 is 11.8 Å². The molecule has 0 unspecified atom stereocenters. The van der Waals surface area contributed by atoms with Crippen molar-refractivity contribution in [3.63, 3.8) is 0 Å². The number of rotatable bonds is 5. The standard InChI is InChI=1S/C21H25F3N4O2S/c1-26-7-6-25-20(26)31-16-12-18(19(29)27-8-10-30-11-9-27)28(14-16)13-15-4-2-3-5-17(15)21(22,23)24/h2-7,16,18H,8-14H2,1H3/t16-,18+/m1/s1. The number of aromatic nitrogens is 2. The number of ether oxygens (including phenoxy) is 1. The van der Waals surface area contributed by atoms with E-state index in [2.05, 4.69) is 4.98 Å². The molecule has 0 spiro atoms. The topological polar surface area (TPSA) is 50.6 Å². The number of halogens is 3. The van der Waals surface area contributed by atoms with Gasteiger partial charge in [-0.1, -0.05) is 30.0 Å². The third-order valence-corrected chi connectivity index (χ3v) is 7.00. The molecule has 2 aliphatic heterocycles. The average Bonchev–Trinajstić information content (AvgIpc) is 3.34. The number of carbonyl (C=O) groups is 1. The van der Waals surface area contributed by atoms with Gasteiger partial charge < -0.3 is 14.2 Å². The van der Waals surface area contributed by atoms with Crippen molar-refractivity contribution in [2.75, 3.05) is 32.8 Å². The zero-order valence-electron chi connectivity index (χ0n) is 17.2. The Hall–Kier alpha value is -2.04. The largest absolute Gasteiger partial charge is 0.416 e. The van der Waals surface area contributed by atoms with Crippen LogP contribution in [-0.2, 0) is 29.3 Å². The first-order valence-corrected chi connectivity index (χ1v) is 11.1. The van der Waals surface area contributed by atoms with Gasteiger partial charge in [-0.2, -0.15) is 13.2 Å². The molecule has 2 fully saturated rings. The number of likely N-dealkylation sites (tertiary alicyclic amines) is 1. The summed E-state index contributed by atoms with van der Waals surface area (Å²) in [4.78, 5) is 21.3. The Morgan fingerprint density at radius 3 is 2.68 bits per heavy atom. The Balaban J connectivity index is 1.56. The Bertz CT molecular complexity index is 914. The molecule has 0 radical (unpaired) electrons. The zero-order valence-corrected chi connectivity index (χ0v) is 18.0. The fourth-order valence-corrected chi connectivity index (χ4v) is 5.33. The minimum atomic E-state index is -4.43. The van der Waals surface area contributed by atoms with Crippen molar-refractivity contribution in [3.05, 3.63) is 47.8 Å². The van der Waals surface area contributed by atoms with Gasteiger partial charge in [0.1, 0.15) is 0 Å². The van der Waals surface area contributed by atoms with Crippen LogP contribution in [0.4, 0.5) is 13.2 Å². The molecule has 1 amide bonds. The van der Waals surface area contributed by atoms with E-state index in [1.165, 1.54) is 12.1 Å². The summed E-state index contributed by atoms with van der Waals surface area (Å²) in [5.74, 6) is -0.0317. The third kappa shape index (κ3) is 5.07. The summed E-state index contributed by atoms with van der Waals surface area (Å²) in [5.41, 5.74) is -0.454. The summed E-state index contributed by atoms with van der Waals surface area (Å²) < 4.78 is 47.8. The molecule has 0 saturated carbocycles.